The molecule has 0 aromatic heterocycles. The van der Waals surface area contributed by atoms with E-state index in [1.54, 1.807) is 6.92 Å². The highest BCUT2D eigenvalue weighted by molar-refractivity contribution is 6.36. The Morgan fingerprint density at radius 3 is 2.15 bits per heavy atom. The van der Waals surface area contributed by atoms with Crippen LogP contribution in [0, 0.1) is 6.92 Å². The van der Waals surface area contributed by atoms with Gasteiger partial charge in [-0.25, -0.2) is 0 Å². The number of hydrogen-bond donors (Lipinski definition) is 1. The van der Waals surface area contributed by atoms with E-state index in [9.17, 15) is 9.59 Å². The molecule has 0 saturated carbocycles. The molecule has 134 valence electrons. The van der Waals surface area contributed by atoms with E-state index in [4.69, 9.17) is 4.74 Å². The van der Waals surface area contributed by atoms with Gasteiger partial charge in [0.1, 0.15) is 11.4 Å². The number of rotatable bonds is 6. The molecule has 2 amide bonds. The minimum Gasteiger partial charge on any atom is -0.494 e. The van der Waals surface area contributed by atoms with Gasteiger partial charge < -0.3 is 10.1 Å². The number of imide groups is 1. The van der Waals surface area contributed by atoms with E-state index in [0.29, 0.717) is 30.0 Å². The quantitative estimate of drug-likeness (QED) is 0.809. The van der Waals surface area contributed by atoms with E-state index in [1.807, 2.05) is 62.4 Å². The molecule has 5 nitrogen and oxygen atoms in total. The van der Waals surface area contributed by atoms with Crippen LogP contribution in [-0.2, 0) is 9.59 Å². The number of benzene rings is 2. The normalized spacial score (nSPS) is 14.2. The van der Waals surface area contributed by atoms with Crippen molar-refractivity contribution in [3.63, 3.8) is 0 Å². The third-order valence-electron chi connectivity index (χ3n) is 4.26. The average molecular weight is 350 g/mol. The fraction of sp³-hybridized carbons (Fsp3) is 0.238. The van der Waals surface area contributed by atoms with Crippen molar-refractivity contribution in [1.29, 1.82) is 0 Å². The number of nitrogens with one attached hydrogen (secondary N) is 1. The Morgan fingerprint density at radius 2 is 1.58 bits per heavy atom. The molecular formula is C21H22N2O3. The molecule has 0 atom stereocenters. The first kappa shape index (κ1) is 17.7. The Balaban J connectivity index is 2.02. The smallest absolute Gasteiger partial charge is 0.278 e. The second-order valence-electron chi connectivity index (χ2n) is 6.05. The van der Waals surface area contributed by atoms with Gasteiger partial charge in [-0.3, -0.25) is 14.5 Å². The first-order valence-electron chi connectivity index (χ1n) is 8.72. The highest BCUT2D eigenvalue weighted by atomic mass is 16.5. The van der Waals surface area contributed by atoms with Gasteiger partial charge in [-0.15, -0.1) is 0 Å². The number of ether oxygens (including phenoxy) is 1. The van der Waals surface area contributed by atoms with E-state index < -0.39 is 0 Å². The highest BCUT2D eigenvalue weighted by Crippen LogP contribution is 2.31. The molecule has 2 aromatic rings. The molecule has 26 heavy (non-hydrogen) atoms. The SMILES string of the molecule is CCOc1ccc(C2=C(Nc3ccc(C)cc3)C(=O)N(CC)C2=O)cc1. The summed E-state index contributed by atoms with van der Waals surface area (Å²) in [7, 11) is 0. The van der Waals surface area contributed by atoms with E-state index in [2.05, 4.69) is 5.32 Å². The summed E-state index contributed by atoms with van der Waals surface area (Å²) in [4.78, 5) is 26.8. The number of aryl methyl sites for hydroxylation is 1. The predicted molar refractivity (Wildman–Crippen MR) is 102 cm³/mol. The molecule has 0 bridgehead atoms. The van der Waals surface area contributed by atoms with E-state index in [1.165, 1.54) is 4.90 Å². The molecule has 1 heterocycles. The lowest BCUT2D eigenvalue weighted by Crippen LogP contribution is -2.32. The summed E-state index contributed by atoms with van der Waals surface area (Å²) >= 11 is 0. The molecule has 0 unspecified atom stereocenters. The number of anilines is 1. The molecule has 0 fully saturated rings. The summed E-state index contributed by atoms with van der Waals surface area (Å²) in [5.74, 6) is 0.146. The van der Waals surface area contributed by atoms with Crippen molar-refractivity contribution in [1.82, 2.24) is 4.90 Å². The van der Waals surface area contributed by atoms with Crippen LogP contribution in [0.25, 0.3) is 5.57 Å². The van der Waals surface area contributed by atoms with Crippen LogP contribution in [0.3, 0.4) is 0 Å². The Bertz CT molecular complexity index is 852. The molecule has 1 aliphatic rings. The maximum absolute atomic E-state index is 12.8. The Hall–Kier alpha value is -3.08. The first-order valence-corrected chi connectivity index (χ1v) is 8.72. The van der Waals surface area contributed by atoms with Gasteiger partial charge in [0.05, 0.1) is 12.2 Å². The first-order chi connectivity index (χ1) is 12.5. The van der Waals surface area contributed by atoms with Crippen LogP contribution < -0.4 is 10.1 Å². The zero-order valence-corrected chi connectivity index (χ0v) is 15.2. The molecule has 2 aromatic carbocycles. The number of nitrogens with zero attached hydrogens (tertiary/aromatic N) is 1. The van der Waals surface area contributed by atoms with Crippen molar-refractivity contribution in [3.8, 4) is 5.75 Å². The topological polar surface area (TPSA) is 58.6 Å². The molecule has 0 radical (unpaired) electrons. The lowest BCUT2D eigenvalue weighted by atomic mass is 10.0. The zero-order valence-electron chi connectivity index (χ0n) is 15.2. The van der Waals surface area contributed by atoms with E-state index >= 15 is 0 Å². The van der Waals surface area contributed by atoms with Crippen molar-refractivity contribution < 1.29 is 14.3 Å². The second-order valence-corrected chi connectivity index (χ2v) is 6.05. The van der Waals surface area contributed by atoms with Crippen LogP contribution in [0.2, 0.25) is 0 Å². The molecule has 1 aliphatic heterocycles. The highest BCUT2D eigenvalue weighted by Gasteiger charge is 2.38. The molecular weight excluding hydrogens is 328 g/mol. The lowest BCUT2D eigenvalue weighted by Gasteiger charge is -2.12. The number of amides is 2. The van der Waals surface area contributed by atoms with Gasteiger partial charge in [-0.2, -0.15) is 0 Å². The monoisotopic (exact) mass is 350 g/mol. The molecule has 5 heteroatoms. The maximum Gasteiger partial charge on any atom is 0.278 e. The standard InChI is InChI=1S/C21H22N2O3/c1-4-23-20(24)18(15-8-12-17(13-9-15)26-5-2)19(21(23)25)22-16-10-6-14(3)7-11-16/h6-13,22H,4-5H2,1-3H3. The number of likely N-dealkylation sites (N-methyl/N-ethyl adjacent to an activating group) is 1. The summed E-state index contributed by atoms with van der Waals surface area (Å²) in [6, 6.07) is 14.9. The van der Waals surface area contributed by atoms with Crippen LogP contribution in [0.15, 0.2) is 54.2 Å². The largest absolute Gasteiger partial charge is 0.494 e. The van der Waals surface area contributed by atoms with Gasteiger partial charge >= 0.3 is 0 Å². The van der Waals surface area contributed by atoms with Crippen molar-refractivity contribution in [3.05, 3.63) is 65.4 Å². The van der Waals surface area contributed by atoms with Gasteiger partial charge in [0.25, 0.3) is 11.8 Å². The Kier molecular flexibility index (Phi) is 5.07. The van der Waals surface area contributed by atoms with Crippen molar-refractivity contribution >= 4 is 23.1 Å². The van der Waals surface area contributed by atoms with Crippen molar-refractivity contribution in [2.75, 3.05) is 18.5 Å². The summed E-state index contributed by atoms with van der Waals surface area (Å²) < 4.78 is 5.45. The summed E-state index contributed by atoms with van der Waals surface area (Å²) in [5.41, 5.74) is 3.29. The number of carbonyl (C=O) groups is 2. The maximum atomic E-state index is 12.8. The van der Waals surface area contributed by atoms with Crippen LogP contribution in [0.4, 0.5) is 5.69 Å². The molecule has 0 aliphatic carbocycles. The summed E-state index contributed by atoms with van der Waals surface area (Å²) in [5, 5.41) is 3.14. The van der Waals surface area contributed by atoms with Gasteiger partial charge in [-0.1, -0.05) is 29.8 Å². The Labute approximate surface area is 153 Å². The molecule has 0 spiro atoms. The van der Waals surface area contributed by atoms with E-state index in [-0.39, 0.29) is 11.8 Å². The predicted octanol–water partition coefficient (Wildman–Crippen LogP) is 3.61. The van der Waals surface area contributed by atoms with Gasteiger partial charge in [0.2, 0.25) is 0 Å². The van der Waals surface area contributed by atoms with Gasteiger partial charge in [0, 0.05) is 12.2 Å². The second kappa shape index (κ2) is 7.44. The fourth-order valence-electron chi connectivity index (χ4n) is 2.91. The molecule has 3 rings (SSSR count). The minimum absolute atomic E-state index is 0.281. The van der Waals surface area contributed by atoms with Crippen molar-refractivity contribution in [2.24, 2.45) is 0 Å². The van der Waals surface area contributed by atoms with Crippen LogP contribution >= 0.6 is 0 Å². The van der Waals surface area contributed by atoms with Crippen LogP contribution in [0.5, 0.6) is 5.75 Å². The number of hydrogen-bond acceptors (Lipinski definition) is 4. The third kappa shape index (κ3) is 3.33. The fourth-order valence-corrected chi connectivity index (χ4v) is 2.91. The molecule has 1 N–H and O–H groups in total. The number of carbonyl (C=O) groups excluding carboxylic acids is 2. The average Bonchev–Trinajstić information content (AvgIpc) is 2.87. The zero-order chi connectivity index (χ0) is 18.7. The molecule has 0 saturated heterocycles. The van der Waals surface area contributed by atoms with Crippen LogP contribution in [0.1, 0.15) is 25.0 Å². The Morgan fingerprint density at radius 1 is 0.923 bits per heavy atom. The summed E-state index contributed by atoms with van der Waals surface area (Å²) in [6.07, 6.45) is 0. The summed E-state index contributed by atoms with van der Waals surface area (Å²) in [6.45, 7) is 6.61. The van der Waals surface area contributed by atoms with Crippen LogP contribution in [-0.4, -0.2) is 29.9 Å². The third-order valence-corrected chi connectivity index (χ3v) is 4.26. The van der Waals surface area contributed by atoms with Gasteiger partial charge in [-0.05, 0) is 50.6 Å². The van der Waals surface area contributed by atoms with Gasteiger partial charge in [0.15, 0.2) is 0 Å². The van der Waals surface area contributed by atoms with E-state index in [0.717, 1.165) is 17.0 Å². The lowest BCUT2D eigenvalue weighted by molar-refractivity contribution is -0.136. The minimum atomic E-state index is -0.304. The van der Waals surface area contributed by atoms with Crippen molar-refractivity contribution in [2.45, 2.75) is 20.8 Å².